The molecule has 1 fully saturated rings. The van der Waals surface area contributed by atoms with Crippen molar-refractivity contribution in [3.05, 3.63) is 17.5 Å². The Morgan fingerprint density at radius 2 is 2.21 bits per heavy atom. The van der Waals surface area contributed by atoms with Gasteiger partial charge in [-0.15, -0.1) is 0 Å². The molecular formula is C11H17NO2. The van der Waals surface area contributed by atoms with Gasteiger partial charge in [0.25, 0.3) is 0 Å². The van der Waals surface area contributed by atoms with Gasteiger partial charge in [-0.2, -0.15) is 0 Å². The van der Waals surface area contributed by atoms with Gasteiger partial charge in [0.1, 0.15) is 5.76 Å². The van der Waals surface area contributed by atoms with Crippen LogP contribution in [0.5, 0.6) is 0 Å². The second-order valence-corrected chi connectivity index (χ2v) is 4.03. The number of aryl methyl sites for hydroxylation is 1. The Balaban J connectivity index is 1.94. The lowest BCUT2D eigenvalue weighted by atomic mass is 10.0. The van der Waals surface area contributed by atoms with E-state index < -0.39 is 0 Å². The molecule has 1 N–H and O–H groups in total. The van der Waals surface area contributed by atoms with E-state index in [0.29, 0.717) is 5.92 Å². The van der Waals surface area contributed by atoms with E-state index in [1.807, 2.05) is 0 Å². The highest BCUT2D eigenvalue weighted by molar-refractivity contribution is 5.11. The van der Waals surface area contributed by atoms with Crippen LogP contribution in [0.25, 0.3) is 0 Å². The molecule has 78 valence electrons. The highest BCUT2D eigenvalue weighted by atomic mass is 16.5. The van der Waals surface area contributed by atoms with E-state index in [4.69, 9.17) is 9.63 Å². The lowest BCUT2D eigenvalue weighted by Gasteiger charge is -2.00. The monoisotopic (exact) mass is 195 g/mol. The molecule has 1 heterocycles. The summed E-state index contributed by atoms with van der Waals surface area (Å²) >= 11 is 0. The van der Waals surface area contributed by atoms with Crippen molar-refractivity contribution in [2.75, 3.05) is 6.61 Å². The smallest absolute Gasteiger partial charge is 0.137 e. The van der Waals surface area contributed by atoms with Crippen LogP contribution in [0.15, 0.2) is 10.6 Å². The fraction of sp³-hybridized carbons (Fsp3) is 0.727. The predicted octanol–water partition coefficient (Wildman–Crippen LogP) is 2.26. The molecule has 0 bridgehead atoms. The fourth-order valence-electron chi connectivity index (χ4n) is 2.11. The van der Waals surface area contributed by atoms with Gasteiger partial charge in [-0.25, -0.2) is 0 Å². The van der Waals surface area contributed by atoms with Crippen molar-refractivity contribution in [2.24, 2.45) is 0 Å². The molecule has 1 aliphatic carbocycles. The number of aliphatic hydroxyl groups is 1. The lowest BCUT2D eigenvalue weighted by Crippen LogP contribution is -1.91. The summed E-state index contributed by atoms with van der Waals surface area (Å²) in [7, 11) is 0. The summed E-state index contributed by atoms with van der Waals surface area (Å²) in [6.45, 7) is 0.222. The second-order valence-electron chi connectivity index (χ2n) is 4.03. The summed E-state index contributed by atoms with van der Waals surface area (Å²) in [6.07, 6.45) is 6.72. The zero-order chi connectivity index (χ0) is 9.80. The zero-order valence-electron chi connectivity index (χ0n) is 8.41. The molecule has 0 amide bonds. The Morgan fingerprint density at radius 3 is 2.93 bits per heavy atom. The molecule has 1 aromatic heterocycles. The van der Waals surface area contributed by atoms with Crippen molar-refractivity contribution in [3.8, 4) is 0 Å². The topological polar surface area (TPSA) is 46.3 Å². The van der Waals surface area contributed by atoms with Gasteiger partial charge in [0.05, 0.1) is 5.69 Å². The minimum atomic E-state index is 0.222. The third-order valence-electron chi connectivity index (χ3n) is 2.93. The van der Waals surface area contributed by atoms with Crippen LogP contribution >= 0.6 is 0 Å². The standard InChI is InChI=1S/C11H17NO2/c13-7-3-6-10-8-11(12-14-10)9-4-1-2-5-9/h8-9,13H,1-7H2. The fourth-order valence-corrected chi connectivity index (χ4v) is 2.11. The molecule has 0 aromatic carbocycles. The molecule has 1 aromatic rings. The van der Waals surface area contributed by atoms with Crippen LogP contribution in [-0.2, 0) is 6.42 Å². The second kappa shape index (κ2) is 4.60. The van der Waals surface area contributed by atoms with Crippen LogP contribution in [0.1, 0.15) is 49.5 Å². The van der Waals surface area contributed by atoms with E-state index in [-0.39, 0.29) is 6.61 Å². The summed E-state index contributed by atoms with van der Waals surface area (Å²) in [5, 5.41) is 12.8. The van der Waals surface area contributed by atoms with Gasteiger partial charge >= 0.3 is 0 Å². The Morgan fingerprint density at radius 1 is 1.43 bits per heavy atom. The molecule has 0 radical (unpaired) electrons. The summed E-state index contributed by atoms with van der Waals surface area (Å²) in [6, 6.07) is 2.06. The molecule has 2 rings (SSSR count). The van der Waals surface area contributed by atoms with Crippen LogP contribution in [0.3, 0.4) is 0 Å². The van der Waals surface area contributed by atoms with Crippen LogP contribution in [0.2, 0.25) is 0 Å². The predicted molar refractivity (Wildman–Crippen MR) is 53.1 cm³/mol. The SMILES string of the molecule is OCCCc1cc(C2CCCC2)no1. The maximum atomic E-state index is 8.68. The first-order valence-corrected chi connectivity index (χ1v) is 5.46. The van der Waals surface area contributed by atoms with Crippen LogP contribution < -0.4 is 0 Å². The summed E-state index contributed by atoms with van der Waals surface area (Å²) < 4.78 is 5.22. The molecule has 14 heavy (non-hydrogen) atoms. The quantitative estimate of drug-likeness (QED) is 0.801. The van der Waals surface area contributed by atoms with Crippen molar-refractivity contribution in [2.45, 2.75) is 44.4 Å². The molecule has 0 spiro atoms. The summed E-state index contributed by atoms with van der Waals surface area (Å²) in [4.78, 5) is 0. The van der Waals surface area contributed by atoms with Gasteiger partial charge in [0, 0.05) is 25.0 Å². The molecule has 0 aliphatic heterocycles. The first-order chi connectivity index (χ1) is 6.90. The average molecular weight is 195 g/mol. The Hall–Kier alpha value is -0.830. The van der Waals surface area contributed by atoms with Crippen molar-refractivity contribution >= 4 is 0 Å². The van der Waals surface area contributed by atoms with Crippen molar-refractivity contribution in [3.63, 3.8) is 0 Å². The van der Waals surface area contributed by atoms with Crippen molar-refractivity contribution in [1.82, 2.24) is 5.16 Å². The highest BCUT2D eigenvalue weighted by Gasteiger charge is 2.20. The third kappa shape index (κ3) is 2.15. The lowest BCUT2D eigenvalue weighted by molar-refractivity contribution is 0.279. The van der Waals surface area contributed by atoms with Crippen LogP contribution in [0.4, 0.5) is 0 Å². The molecule has 1 aliphatic rings. The Kier molecular flexibility index (Phi) is 3.19. The third-order valence-corrected chi connectivity index (χ3v) is 2.93. The molecular weight excluding hydrogens is 178 g/mol. The largest absolute Gasteiger partial charge is 0.396 e. The molecule has 3 heteroatoms. The van der Waals surface area contributed by atoms with Gasteiger partial charge in [-0.05, 0) is 19.3 Å². The summed E-state index contributed by atoms with van der Waals surface area (Å²) in [5.74, 6) is 1.54. The number of rotatable bonds is 4. The van der Waals surface area contributed by atoms with Crippen LogP contribution in [0, 0.1) is 0 Å². The van der Waals surface area contributed by atoms with E-state index in [9.17, 15) is 0 Å². The van der Waals surface area contributed by atoms with E-state index >= 15 is 0 Å². The number of aromatic nitrogens is 1. The molecule has 0 saturated heterocycles. The van der Waals surface area contributed by atoms with Gasteiger partial charge in [0.15, 0.2) is 0 Å². The minimum absolute atomic E-state index is 0.222. The normalized spacial score (nSPS) is 17.8. The van der Waals surface area contributed by atoms with E-state index in [1.54, 1.807) is 0 Å². The van der Waals surface area contributed by atoms with Crippen molar-refractivity contribution < 1.29 is 9.63 Å². The Labute approximate surface area is 84.1 Å². The van der Waals surface area contributed by atoms with Gasteiger partial charge in [-0.3, -0.25) is 0 Å². The minimum Gasteiger partial charge on any atom is -0.396 e. The number of hydrogen-bond acceptors (Lipinski definition) is 3. The maximum absolute atomic E-state index is 8.68. The number of hydrogen-bond donors (Lipinski definition) is 1. The first-order valence-electron chi connectivity index (χ1n) is 5.46. The van der Waals surface area contributed by atoms with Crippen LogP contribution in [-0.4, -0.2) is 16.9 Å². The van der Waals surface area contributed by atoms with Crippen molar-refractivity contribution in [1.29, 1.82) is 0 Å². The van der Waals surface area contributed by atoms with Gasteiger partial charge in [0.2, 0.25) is 0 Å². The first kappa shape index (κ1) is 9.71. The zero-order valence-corrected chi connectivity index (χ0v) is 8.41. The van der Waals surface area contributed by atoms with E-state index in [1.165, 1.54) is 25.7 Å². The molecule has 3 nitrogen and oxygen atoms in total. The molecule has 0 unspecified atom stereocenters. The summed E-state index contributed by atoms with van der Waals surface area (Å²) in [5.41, 5.74) is 1.12. The number of aliphatic hydroxyl groups excluding tert-OH is 1. The van der Waals surface area contributed by atoms with E-state index in [0.717, 1.165) is 24.3 Å². The maximum Gasteiger partial charge on any atom is 0.137 e. The molecule has 0 atom stereocenters. The number of nitrogens with zero attached hydrogens (tertiary/aromatic N) is 1. The van der Waals surface area contributed by atoms with Gasteiger partial charge < -0.3 is 9.63 Å². The molecule has 1 saturated carbocycles. The Bertz CT molecular complexity index is 277. The van der Waals surface area contributed by atoms with Gasteiger partial charge in [-0.1, -0.05) is 18.0 Å². The van der Waals surface area contributed by atoms with E-state index in [2.05, 4.69) is 11.2 Å². The highest BCUT2D eigenvalue weighted by Crippen LogP contribution is 2.33. The average Bonchev–Trinajstić information content (AvgIpc) is 2.85.